The van der Waals surface area contributed by atoms with E-state index in [9.17, 15) is 14.7 Å². The Kier molecular flexibility index (Phi) is 6.88. The molecule has 1 aromatic carbocycles. The summed E-state index contributed by atoms with van der Waals surface area (Å²) in [5.74, 6) is -0.739. The van der Waals surface area contributed by atoms with Crippen molar-refractivity contribution in [1.29, 1.82) is 0 Å². The van der Waals surface area contributed by atoms with E-state index in [0.29, 0.717) is 6.42 Å². The number of ether oxygens (including phenoxy) is 2. The Bertz CT molecular complexity index is 519. The number of carbonyl (C=O) groups excluding carboxylic acids is 2. The first-order chi connectivity index (χ1) is 10.7. The number of rotatable bonds is 6. The average molecular weight is 323 g/mol. The van der Waals surface area contributed by atoms with Gasteiger partial charge >= 0.3 is 12.1 Å². The van der Waals surface area contributed by atoms with Crippen LogP contribution in [0.5, 0.6) is 5.75 Å². The zero-order chi connectivity index (χ0) is 17.5. The Hall–Kier alpha value is -2.24. The zero-order valence-electron chi connectivity index (χ0n) is 14.1. The normalized spacial score (nSPS) is 12.3. The average Bonchev–Trinajstić information content (AvgIpc) is 2.43. The summed E-state index contributed by atoms with van der Waals surface area (Å²) in [7, 11) is 0. The lowest BCUT2D eigenvalue weighted by molar-refractivity contribution is -0.147. The van der Waals surface area contributed by atoms with Crippen molar-refractivity contribution >= 4 is 12.1 Å². The van der Waals surface area contributed by atoms with Crippen LogP contribution in [-0.4, -0.2) is 35.9 Å². The first kappa shape index (κ1) is 18.8. The van der Waals surface area contributed by atoms with E-state index < -0.39 is 17.6 Å². The van der Waals surface area contributed by atoms with Crippen molar-refractivity contribution in [1.82, 2.24) is 5.32 Å². The lowest BCUT2D eigenvalue weighted by Crippen LogP contribution is -2.38. The summed E-state index contributed by atoms with van der Waals surface area (Å²) in [5.41, 5.74) is 0.271. The molecule has 6 heteroatoms. The molecule has 1 atom stereocenters. The van der Waals surface area contributed by atoms with Crippen molar-refractivity contribution in [3.05, 3.63) is 29.8 Å². The molecule has 0 spiro atoms. The number of aromatic hydroxyl groups is 1. The Labute approximate surface area is 136 Å². The van der Waals surface area contributed by atoms with Gasteiger partial charge in [0.25, 0.3) is 0 Å². The Balaban J connectivity index is 2.67. The van der Waals surface area contributed by atoms with Gasteiger partial charge in [0.05, 0.1) is 12.5 Å². The van der Waals surface area contributed by atoms with Crippen LogP contribution in [-0.2, 0) is 20.7 Å². The lowest BCUT2D eigenvalue weighted by atomic mass is 9.99. The predicted molar refractivity (Wildman–Crippen MR) is 86.2 cm³/mol. The topological polar surface area (TPSA) is 84.9 Å². The molecule has 0 heterocycles. The fourth-order valence-electron chi connectivity index (χ4n) is 1.94. The molecule has 0 aliphatic heterocycles. The molecule has 0 aliphatic rings. The second kappa shape index (κ2) is 8.41. The maximum Gasteiger partial charge on any atom is 0.407 e. The van der Waals surface area contributed by atoms with Gasteiger partial charge in [-0.15, -0.1) is 0 Å². The molecule has 0 saturated carbocycles. The molecule has 0 saturated heterocycles. The monoisotopic (exact) mass is 323 g/mol. The molecular weight excluding hydrogens is 298 g/mol. The summed E-state index contributed by atoms with van der Waals surface area (Å²) in [6.45, 7) is 7.44. The van der Waals surface area contributed by atoms with Crippen molar-refractivity contribution in [3.8, 4) is 5.75 Å². The van der Waals surface area contributed by atoms with Crippen molar-refractivity contribution < 1.29 is 24.2 Å². The minimum absolute atomic E-state index is 0.120. The molecule has 128 valence electrons. The molecule has 2 N–H and O–H groups in total. The maximum absolute atomic E-state index is 12.0. The number of hydrogen-bond acceptors (Lipinski definition) is 5. The highest BCUT2D eigenvalue weighted by Crippen LogP contribution is 2.15. The number of phenols is 1. The van der Waals surface area contributed by atoms with Crippen LogP contribution in [0.3, 0.4) is 0 Å². The van der Waals surface area contributed by atoms with Gasteiger partial charge in [-0.1, -0.05) is 12.1 Å². The fourth-order valence-corrected chi connectivity index (χ4v) is 1.94. The van der Waals surface area contributed by atoms with Crippen molar-refractivity contribution in [2.24, 2.45) is 5.92 Å². The van der Waals surface area contributed by atoms with Crippen LogP contribution in [0.1, 0.15) is 33.3 Å². The van der Waals surface area contributed by atoms with Gasteiger partial charge in [0, 0.05) is 6.54 Å². The Morgan fingerprint density at radius 2 is 1.83 bits per heavy atom. The first-order valence-electron chi connectivity index (χ1n) is 7.62. The molecule has 0 radical (unpaired) electrons. The van der Waals surface area contributed by atoms with Gasteiger partial charge in [-0.3, -0.25) is 4.79 Å². The van der Waals surface area contributed by atoms with Crippen molar-refractivity contribution in [3.63, 3.8) is 0 Å². The smallest absolute Gasteiger partial charge is 0.407 e. The van der Waals surface area contributed by atoms with Crippen molar-refractivity contribution in [2.45, 2.75) is 39.7 Å². The van der Waals surface area contributed by atoms with E-state index in [0.717, 1.165) is 5.56 Å². The molecule has 0 bridgehead atoms. The molecule has 1 unspecified atom stereocenters. The molecule has 23 heavy (non-hydrogen) atoms. The van der Waals surface area contributed by atoms with Gasteiger partial charge in [-0.25, -0.2) is 4.79 Å². The number of esters is 1. The van der Waals surface area contributed by atoms with E-state index >= 15 is 0 Å². The van der Waals surface area contributed by atoms with Gasteiger partial charge in [-0.2, -0.15) is 0 Å². The van der Waals surface area contributed by atoms with Crippen LogP contribution in [0.15, 0.2) is 24.3 Å². The minimum atomic E-state index is -0.597. The number of carbonyl (C=O) groups is 2. The molecule has 0 fully saturated rings. The van der Waals surface area contributed by atoms with Crippen LogP contribution in [0.4, 0.5) is 4.79 Å². The van der Waals surface area contributed by atoms with E-state index in [2.05, 4.69) is 5.32 Å². The largest absolute Gasteiger partial charge is 0.508 e. The summed E-state index contributed by atoms with van der Waals surface area (Å²) >= 11 is 0. The standard InChI is InChI=1S/C17H25NO5/c1-5-22-15(20)13(10-12-6-8-14(19)9-7-12)11-18-16(21)23-17(2,3)4/h6-9,13,19H,5,10-11H2,1-4H3,(H,18,21). The van der Waals surface area contributed by atoms with Crippen LogP contribution < -0.4 is 5.32 Å². The third-order valence-electron chi connectivity index (χ3n) is 2.93. The number of benzene rings is 1. The summed E-state index contributed by atoms with van der Waals surface area (Å²) in [6.07, 6.45) is -0.174. The first-order valence-corrected chi connectivity index (χ1v) is 7.62. The summed E-state index contributed by atoms with van der Waals surface area (Å²) in [4.78, 5) is 23.8. The van der Waals surface area contributed by atoms with E-state index in [1.165, 1.54) is 0 Å². The van der Waals surface area contributed by atoms with E-state index in [4.69, 9.17) is 9.47 Å². The van der Waals surface area contributed by atoms with Gasteiger partial charge in [-0.05, 0) is 51.8 Å². The fraction of sp³-hybridized carbons (Fsp3) is 0.529. The van der Waals surface area contributed by atoms with E-state index in [-0.39, 0.29) is 24.9 Å². The number of alkyl carbamates (subject to hydrolysis) is 1. The molecular formula is C17H25NO5. The van der Waals surface area contributed by atoms with E-state index in [1.54, 1.807) is 52.0 Å². The molecule has 1 aromatic rings. The molecule has 6 nitrogen and oxygen atoms in total. The summed E-state index contributed by atoms with van der Waals surface area (Å²) < 4.78 is 10.2. The SMILES string of the molecule is CCOC(=O)C(CNC(=O)OC(C)(C)C)Cc1ccc(O)cc1. The second-order valence-corrected chi connectivity index (χ2v) is 6.20. The molecule has 1 rings (SSSR count). The van der Waals surface area contributed by atoms with Crippen molar-refractivity contribution in [2.75, 3.05) is 13.2 Å². The van der Waals surface area contributed by atoms with Crippen LogP contribution in [0.25, 0.3) is 0 Å². The van der Waals surface area contributed by atoms with Gasteiger partial charge in [0.15, 0.2) is 0 Å². The quantitative estimate of drug-likeness (QED) is 0.786. The molecule has 0 aromatic heterocycles. The van der Waals surface area contributed by atoms with Crippen LogP contribution >= 0.6 is 0 Å². The Morgan fingerprint density at radius 3 is 2.35 bits per heavy atom. The van der Waals surface area contributed by atoms with Gasteiger partial charge in [0.1, 0.15) is 11.4 Å². The highest BCUT2D eigenvalue weighted by Gasteiger charge is 2.23. The van der Waals surface area contributed by atoms with Crippen LogP contribution in [0, 0.1) is 5.92 Å². The highest BCUT2D eigenvalue weighted by molar-refractivity contribution is 5.74. The van der Waals surface area contributed by atoms with Gasteiger partial charge in [0.2, 0.25) is 0 Å². The van der Waals surface area contributed by atoms with Crippen LogP contribution in [0.2, 0.25) is 0 Å². The van der Waals surface area contributed by atoms with Gasteiger partial charge < -0.3 is 19.9 Å². The predicted octanol–water partition coefficient (Wildman–Crippen LogP) is 2.64. The molecule has 0 aliphatic carbocycles. The number of phenolic OH excluding ortho intramolecular Hbond substituents is 1. The van der Waals surface area contributed by atoms with E-state index in [1.807, 2.05) is 0 Å². The minimum Gasteiger partial charge on any atom is -0.508 e. The third-order valence-corrected chi connectivity index (χ3v) is 2.93. The zero-order valence-corrected chi connectivity index (χ0v) is 14.1. The highest BCUT2D eigenvalue weighted by atomic mass is 16.6. The number of hydrogen-bond donors (Lipinski definition) is 2. The number of nitrogens with one attached hydrogen (secondary N) is 1. The lowest BCUT2D eigenvalue weighted by Gasteiger charge is -2.21. The second-order valence-electron chi connectivity index (χ2n) is 6.20. The third kappa shape index (κ3) is 7.54. The summed E-state index contributed by atoms with van der Waals surface area (Å²) in [6, 6.07) is 6.57. The Morgan fingerprint density at radius 1 is 1.22 bits per heavy atom. The summed E-state index contributed by atoms with van der Waals surface area (Å²) in [5, 5.41) is 11.9. The maximum atomic E-state index is 12.0. The number of amides is 1. The molecule has 1 amide bonds.